The third-order valence-corrected chi connectivity index (χ3v) is 4.73. The number of rotatable bonds is 7. The molecule has 0 saturated heterocycles. The first kappa shape index (κ1) is 17.7. The van der Waals surface area contributed by atoms with Crippen molar-refractivity contribution in [2.45, 2.75) is 45.7 Å². The van der Waals surface area contributed by atoms with Crippen LogP contribution >= 0.6 is 0 Å². The molecule has 1 aliphatic rings. The zero-order chi connectivity index (χ0) is 17.6. The predicted molar refractivity (Wildman–Crippen MR) is 97.3 cm³/mol. The number of aromatic nitrogens is 2. The number of amides is 1. The molecule has 0 N–H and O–H groups in total. The normalized spacial score (nSPS) is 16.7. The van der Waals surface area contributed by atoms with Crippen LogP contribution in [0.2, 0.25) is 0 Å². The standard InChI is InChI=1S/C20H27N3O2/c1-3-23-14-17-12-22(13-18(15-25-4-2)20(17)21-23)19(24)11-10-16-8-6-5-7-9-16/h5-9,14,18H,3-4,10-13,15H2,1-2H3/t18-/m1/s1. The first-order chi connectivity index (χ1) is 12.2. The maximum absolute atomic E-state index is 12.7. The summed E-state index contributed by atoms with van der Waals surface area (Å²) in [7, 11) is 0. The molecule has 0 aliphatic carbocycles. The van der Waals surface area contributed by atoms with Crippen molar-refractivity contribution in [2.24, 2.45) is 0 Å². The van der Waals surface area contributed by atoms with Crippen LogP contribution in [0.4, 0.5) is 0 Å². The van der Waals surface area contributed by atoms with Crippen molar-refractivity contribution in [1.29, 1.82) is 0 Å². The highest BCUT2D eigenvalue weighted by atomic mass is 16.5. The molecule has 1 amide bonds. The molecule has 2 aromatic rings. The fourth-order valence-electron chi connectivity index (χ4n) is 3.36. The van der Waals surface area contributed by atoms with E-state index < -0.39 is 0 Å². The maximum Gasteiger partial charge on any atom is 0.223 e. The third kappa shape index (κ3) is 4.28. The second-order valence-corrected chi connectivity index (χ2v) is 6.51. The van der Waals surface area contributed by atoms with E-state index in [1.807, 2.05) is 34.7 Å². The lowest BCUT2D eigenvalue weighted by Crippen LogP contribution is -2.39. The molecule has 1 atom stereocenters. The number of carbonyl (C=O) groups is 1. The molecule has 3 rings (SSSR count). The summed E-state index contributed by atoms with van der Waals surface area (Å²) < 4.78 is 7.60. The van der Waals surface area contributed by atoms with Gasteiger partial charge in [-0.1, -0.05) is 30.3 Å². The second-order valence-electron chi connectivity index (χ2n) is 6.51. The number of hydrogen-bond acceptors (Lipinski definition) is 3. The average Bonchev–Trinajstić information content (AvgIpc) is 3.08. The zero-order valence-corrected chi connectivity index (χ0v) is 15.1. The van der Waals surface area contributed by atoms with Crippen molar-refractivity contribution in [2.75, 3.05) is 19.8 Å². The Morgan fingerprint density at radius 3 is 2.80 bits per heavy atom. The molecule has 2 heterocycles. The van der Waals surface area contributed by atoms with E-state index in [1.165, 1.54) is 5.56 Å². The molecule has 0 unspecified atom stereocenters. The zero-order valence-electron chi connectivity index (χ0n) is 15.1. The van der Waals surface area contributed by atoms with Gasteiger partial charge in [0, 0.05) is 50.3 Å². The Morgan fingerprint density at radius 1 is 1.28 bits per heavy atom. The van der Waals surface area contributed by atoms with Gasteiger partial charge in [-0.3, -0.25) is 9.48 Å². The van der Waals surface area contributed by atoms with Gasteiger partial charge in [0.1, 0.15) is 0 Å². The van der Waals surface area contributed by atoms with Crippen molar-refractivity contribution < 1.29 is 9.53 Å². The van der Waals surface area contributed by atoms with Gasteiger partial charge >= 0.3 is 0 Å². The Bertz CT molecular complexity index is 696. The molecule has 134 valence electrons. The number of aryl methyl sites for hydroxylation is 2. The van der Waals surface area contributed by atoms with E-state index in [0.29, 0.717) is 32.7 Å². The molecule has 1 aromatic carbocycles. The lowest BCUT2D eigenvalue weighted by atomic mass is 9.96. The number of hydrogen-bond donors (Lipinski definition) is 0. The Labute approximate surface area is 149 Å². The van der Waals surface area contributed by atoms with Crippen LogP contribution in [0.1, 0.15) is 43.0 Å². The first-order valence-electron chi connectivity index (χ1n) is 9.16. The van der Waals surface area contributed by atoms with Crippen LogP contribution in [0.15, 0.2) is 36.5 Å². The molecule has 1 aromatic heterocycles. The van der Waals surface area contributed by atoms with Gasteiger partial charge in [0.25, 0.3) is 0 Å². The number of fused-ring (bicyclic) bond motifs is 1. The minimum Gasteiger partial charge on any atom is -0.381 e. The van der Waals surface area contributed by atoms with Gasteiger partial charge < -0.3 is 9.64 Å². The SMILES string of the molecule is CCOC[C@H]1CN(C(=O)CCc2ccccc2)Cc2cn(CC)nc21. The van der Waals surface area contributed by atoms with Gasteiger partial charge in [-0.15, -0.1) is 0 Å². The molecule has 0 saturated carbocycles. The predicted octanol–water partition coefficient (Wildman–Crippen LogP) is 3.00. The van der Waals surface area contributed by atoms with Gasteiger partial charge in [0.15, 0.2) is 0 Å². The molecule has 25 heavy (non-hydrogen) atoms. The van der Waals surface area contributed by atoms with Gasteiger partial charge in [-0.05, 0) is 25.8 Å². The van der Waals surface area contributed by atoms with Crippen LogP contribution < -0.4 is 0 Å². The van der Waals surface area contributed by atoms with Crippen molar-refractivity contribution in [3.63, 3.8) is 0 Å². The number of carbonyl (C=O) groups excluding carboxylic acids is 1. The molecule has 0 spiro atoms. The first-order valence-corrected chi connectivity index (χ1v) is 9.16. The highest BCUT2D eigenvalue weighted by molar-refractivity contribution is 5.77. The lowest BCUT2D eigenvalue weighted by Gasteiger charge is -2.32. The molecule has 0 bridgehead atoms. The van der Waals surface area contributed by atoms with Crippen LogP contribution in [-0.2, 0) is 29.0 Å². The van der Waals surface area contributed by atoms with E-state index in [1.54, 1.807) is 0 Å². The number of benzene rings is 1. The Kier molecular flexibility index (Phi) is 5.87. The molecule has 0 fully saturated rings. The summed E-state index contributed by atoms with van der Waals surface area (Å²) in [5.41, 5.74) is 3.46. The topological polar surface area (TPSA) is 47.4 Å². The quantitative estimate of drug-likeness (QED) is 0.778. The van der Waals surface area contributed by atoms with Crippen LogP contribution in [0.5, 0.6) is 0 Å². The van der Waals surface area contributed by atoms with Crippen molar-refractivity contribution in [3.8, 4) is 0 Å². The average molecular weight is 341 g/mol. The van der Waals surface area contributed by atoms with Gasteiger partial charge in [-0.25, -0.2) is 0 Å². The van der Waals surface area contributed by atoms with Crippen molar-refractivity contribution in [1.82, 2.24) is 14.7 Å². The van der Waals surface area contributed by atoms with Crippen molar-refractivity contribution >= 4 is 5.91 Å². The van der Waals surface area contributed by atoms with E-state index in [2.05, 4.69) is 30.4 Å². The van der Waals surface area contributed by atoms with E-state index in [-0.39, 0.29) is 11.8 Å². The van der Waals surface area contributed by atoms with E-state index >= 15 is 0 Å². The smallest absolute Gasteiger partial charge is 0.223 e. The maximum atomic E-state index is 12.7. The molecule has 0 radical (unpaired) electrons. The fraction of sp³-hybridized carbons (Fsp3) is 0.500. The van der Waals surface area contributed by atoms with Crippen LogP contribution in [0.25, 0.3) is 0 Å². The lowest BCUT2D eigenvalue weighted by molar-refractivity contribution is -0.132. The molecule has 1 aliphatic heterocycles. The third-order valence-electron chi connectivity index (χ3n) is 4.73. The Morgan fingerprint density at radius 2 is 2.08 bits per heavy atom. The summed E-state index contributed by atoms with van der Waals surface area (Å²) >= 11 is 0. The van der Waals surface area contributed by atoms with E-state index in [9.17, 15) is 4.79 Å². The van der Waals surface area contributed by atoms with Gasteiger partial charge in [0.2, 0.25) is 5.91 Å². The summed E-state index contributed by atoms with van der Waals surface area (Å²) in [5.74, 6) is 0.373. The molecule has 5 nitrogen and oxygen atoms in total. The van der Waals surface area contributed by atoms with E-state index in [4.69, 9.17) is 4.74 Å². The summed E-state index contributed by atoms with van der Waals surface area (Å²) in [6.07, 6.45) is 3.40. The fourth-order valence-corrected chi connectivity index (χ4v) is 3.36. The number of nitrogens with zero attached hydrogens (tertiary/aromatic N) is 3. The Hall–Kier alpha value is -2.14. The van der Waals surface area contributed by atoms with Gasteiger partial charge in [0.05, 0.1) is 12.3 Å². The van der Waals surface area contributed by atoms with Crippen molar-refractivity contribution in [3.05, 3.63) is 53.3 Å². The van der Waals surface area contributed by atoms with Crippen LogP contribution in [0, 0.1) is 0 Å². The highest BCUT2D eigenvalue weighted by Crippen LogP contribution is 2.28. The minimum atomic E-state index is 0.164. The highest BCUT2D eigenvalue weighted by Gasteiger charge is 2.30. The largest absolute Gasteiger partial charge is 0.381 e. The molecular weight excluding hydrogens is 314 g/mol. The van der Waals surface area contributed by atoms with E-state index in [0.717, 1.165) is 24.2 Å². The summed E-state index contributed by atoms with van der Waals surface area (Å²) in [6.45, 7) is 7.58. The molecular formula is C20H27N3O2. The summed E-state index contributed by atoms with van der Waals surface area (Å²) in [5, 5.41) is 4.69. The van der Waals surface area contributed by atoms with Crippen LogP contribution in [0.3, 0.4) is 0 Å². The number of ether oxygens (including phenoxy) is 1. The summed E-state index contributed by atoms with van der Waals surface area (Å²) in [4.78, 5) is 14.7. The Balaban J connectivity index is 1.68. The summed E-state index contributed by atoms with van der Waals surface area (Å²) in [6, 6.07) is 10.2. The monoisotopic (exact) mass is 341 g/mol. The van der Waals surface area contributed by atoms with Gasteiger partial charge in [-0.2, -0.15) is 5.10 Å². The second kappa shape index (κ2) is 8.30. The molecule has 5 heteroatoms. The van der Waals surface area contributed by atoms with Crippen LogP contribution in [-0.4, -0.2) is 40.3 Å². The minimum absolute atomic E-state index is 0.164.